The molecular weight excluding hydrogens is 592 g/mol. The van der Waals surface area contributed by atoms with Crippen LogP contribution in [0.2, 0.25) is 0 Å². The highest BCUT2D eigenvalue weighted by atomic mass is 16.5. The maximum Gasteiger partial charge on any atom is 0.266 e. The van der Waals surface area contributed by atoms with Gasteiger partial charge < -0.3 is 4.74 Å². The molecule has 0 radical (unpaired) electrons. The third-order valence-electron chi connectivity index (χ3n) is 9.19. The molecule has 2 unspecified atom stereocenters. The largest absolute Gasteiger partial charge is 0.462 e. The first-order valence-corrected chi connectivity index (χ1v) is 16.1. The van der Waals surface area contributed by atoms with Crippen LogP contribution in [0.15, 0.2) is 176 Å². The number of nitrogens with zero attached hydrogens (tertiary/aromatic N) is 2. The van der Waals surface area contributed by atoms with E-state index in [9.17, 15) is 4.79 Å². The average molecular weight is 625 g/mol. The van der Waals surface area contributed by atoms with Crippen molar-refractivity contribution in [3.05, 3.63) is 204 Å². The van der Waals surface area contributed by atoms with Gasteiger partial charge in [0.1, 0.15) is 5.76 Å². The van der Waals surface area contributed by atoms with E-state index in [0.717, 1.165) is 22.3 Å². The maximum absolute atomic E-state index is 15.5. The second-order valence-corrected chi connectivity index (χ2v) is 12.0. The van der Waals surface area contributed by atoms with Crippen molar-refractivity contribution in [1.82, 2.24) is 0 Å². The van der Waals surface area contributed by atoms with E-state index in [-0.39, 0.29) is 18.2 Å². The van der Waals surface area contributed by atoms with Gasteiger partial charge in [0.05, 0.1) is 23.0 Å². The summed E-state index contributed by atoms with van der Waals surface area (Å²) in [6.45, 7) is 0. The van der Waals surface area contributed by atoms with Gasteiger partial charge in [-0.25, -0.2) is 0 Å². The summed E-state index contributed by atoms with van der Waals surface area (Å²) in [5.41, 5.74) is 4.20. The van der Waals surface area contributed by atoms with Gasteiger partial charge in [0, 0.05) is 23.1 Å². The Balaban J connectivity index is 1.46. The highest BCUT2D eigenvalue weighted by molar-refractivity contribution is 6.33. The Morgan fingerprint density at radius 2 is 1.08 bits per heavy atom. The molecule has 48 heavy (non-hydrogen) atoms. The highest BCUT2D eigenvalue weighted by Crippen LogP contribution is 2.56. The molecule has 232 valence electrons. The molecule has 0 saturated heterocycles. The minimum atomic E-state index is -1.33. The van der Waals surface area contributed by atoms with E-state index in [0.29, 0.717) is 28.3 Å². The highest BCUT2D eigenvalue weighted by Gasteiger charge is 2.56. The summed E-state index contributed by atoms with van der Waals surface area (Å²) in [7, 11) is 0. The summed E-state index contributed by atoms with van der Waals surface area (Å²) in [5.74, 6) is 0.134. The molecule has 5 heteroatoms. The fraction of sp³-hybridized carbons (Fsp3) is 0.0698. The van der Waals surface area contributed by atoms with Gasteiger partial charge in [-0.3, -0.25) is 19.4 Å². The molecular formula is C43H32N2O3. The molecule has 0 aliphatic carbocycles. The summed E-state index contributed by atoms with van der Waals surface area (Å²) < 4.78 is 7.46. The number of carbonyl (C=O) groups is 2. The quantitative estimate of drug-likeness (QED) is 0.192. The lowest BCUT2D eigenvalue weighted by Crippen LogP contribution is -2.55. The third kappa shape index (κ3) is 4.88. The number of amides is 2. The summed E-state index contributed by atoms with van der Waals surface area (Å²) in [6.07, 6.45) is 0.262. The van der Waals surface area contributed by atoms with Crippen LogP contribution in [0.5, 0.6) is 0 Å². The Kier molecular flexibility index (Phi) is 7.42. The van der Waals surface area contributed by atoms with Crippen molar-refractivity contribution in [2.24, 2.45) is 0 Å². The second-order valence-electron chi connectivity index (χ2n) is 12.0. The number of benzene rings is 6. The van der Waals surface area contributed by atoms with Gasteiger partial charge in [0.15, 0.2) is 0 Å². The molecule has 0 spiro atoms. The van der Waals surface area contributed by atoms with E-state index in [4.69, 9.17) is 4.74 Å². The van der Waals surface area contributed by atoms with Crippen LogP contribution in [0.25, 0.3) is 11.3 Å². The van der Waals surface area contributed by atoms with E-state index in [1.807, 2.05) is 181 Å². The molecule has 2 atom stereocenters. The molecule has 0 fully saturated rings. The van der Waals surface area contributed by atoms with Crippen molar-refractivity contribution in [3.8, 4) is 0 Å². The number of hydrogen-bond acceptors (Lipinski definition) is 3. The van der Waals surface area contributed by atoms with Crippen molar-refractivity contribution in [3.63, 3.8) is 0 Å². The van der Waals surface area contributed by atoms with E-state index in [1.54, 1.807) is 4.90 Å². The lowest BCUT2D eigenvalue weighted by molar-refractivity contribution is -0.120. The molecule has 0 aromatic heterocycles. The Bertz CT molecular complexity index is 2120. The van der Waals surface area contributed by atoms with Gasteiger partial charge in [0.2, 0.25) is 5.72 Å². The first-order chi connectivity index (χ1) is 23.7. The smallest absolute Gasteiger partial charge is 0.266 e. The number of anilines is 2. The molecule has 6 aromatic rings. The van der Waals surface area contributed by atoms with E-state index in [2.05, 4.69) is 0 Å². The Labute approximate surface area is 280 Å². The molecule has 2 amide bonds. The van der Waals surface area contributed by atoms with Gasteiger partial charge in [-0.05, 0) is 35.4 Å². The topological polar surface area (TPSA) is 49.9 Å². The van der Waals surface area contributed by atoms with Crippen molar-refractivity contribution >= 4 is 34.5 Å². The van der Waals surface area contributed by atoms with E-state index in [1.165, 1.54) is 0 Å². The Morgan fingerprint density at radius 1 is 0.583 bits per heavy atom. The summed E-state index contributed by atoms with van der Waals surface area (Å²) in [5, 5.41) is 0. The number of carbonyl (C=O) groups excluding carboxylic acids is 2. The van der Waals surface area contributed by atoms with Crippen LogP contribution in [0, 0.1) is 0 Å². The zero-order valence-electron chi connectivity index (χ0n) is 26.1. The van der Waals surface area contributed by atoms with Gasteiger partial charge in [-0.2, -0.15) is 0 Å². The number of para-hydroxylation sites is 2. The summed E-state index contributed by atoms with van der Waals surface area (Å²) in [4.78, 5) is 33.9. The number of hydrogen-bond donors (Lipinski definition) is 0. The first-order valence-electron chi connectivity index (χ1n) is 16.1. The van der Waals surface area contributed by atoms with Crippen LogP contribution in [-0.4, -0.2) is 11.8 Å². The molecule has 0 saturated carbocycles. The fourth-order valence-corrected chi connectivity index (χ4v) is 7.02. The second kappa shape index (κ2) is 12.2. The van der Waals surface area contributed by atoms with Crippen LogP contribution >= 0.6 is 0 Å². The average Bonchev–Trinajstić information content (AvgIpc) is 3.30. The Hall–Kier alpha value is -6.20. The lowest BCUT2D eigenvalue weighted by atomic mass is 9.86. The van der Waals surface area contributed by atoms with Crippen LogP contribution in [0.1, 0.15) is 45.1 Å². The normalized spacial score (nSPS) is 18.8. The molecule has 2 heterocycles. The van der Waals surface area contributed by atoms with Gasteiger partial charge in [0.25, 0.3) is 11.8 Å². The van der Waals surface area contributed by atoms with E-state index >= 15 is 4.79 Å². The SMILES string of the molecule is O=C(c1ccccc1)N1c2ccccc2N2C(=O)C(c3ccccc3)=C(c3ccccc3)OC2(c2ccccc2)CC1c1ccccc1. The van der Waals surface area contributed by atoms with Crippen LogP contribution < -0.4 is 9.80 Å². The predicted molar refractivity (Wildman–Crippen MR) is 190 cm³/mol. The minimum Gasteiger partial charge on any atom is -0.462 e. The standard InChI is InChI=1S/C43H32N2O3/c46-41(34-24-12-4-13-25-34)44-36-28-16-17-29-37(36)45-42(47)39(32-20-8-2-9-21-32)40(33-22-10-3-11-23-33)48-43(45,35-26-14-5-15-27-35)30-38(44)31-18-6-1-7-19-31/h1-29,38H,30H2. The molecule has 2 aliphatic rings. The molecule has 2 aliphatic heterocycles. The predicted octanol–water partition coefficient (Wildman–Crippen LogP) is 9.26. The lowest BCUT2D eigenvalue weighted by Gasteiger charge is -2.48. The van der Waals surface area contributed by atoms with Gasteiger partial charge in [-0.15, -0.1) is 0 Å². The first kappa shape index (κ1) is 29.2. The summed E-state index contributed by atoms with van der Waals surface area (Å²) in [6, 6.07) is 55.9. The zero-order chi connectivity index (χ0) is 32.5. The van der Waals surface area contributed by atoms with Gasteiger partial charge in [-0.1, -0.05) is 152 Å². The van der Waals surface area contributed by atoms with Crippen molar-refractivity contribution in [1.29, 1.82) is 0 Å². The zero-order valence-corrected chi connectivity index (χ0v) is 26.1. The number of ether oxygens (including phenoxy) is 1. The number of fused-ring (bicyclic) bond motifs is 3. The number of rotatable bonds is 5. The van der Waals surface area contributed by atoms with Crippen LogP contribution in [0.3, 0.4) is 0 Å². The molecule has 8 rings (SSSR count). The third-order valence-corrected chi connectivity index (χ3v) is 9.19. The maximum atomic E-state index is 15.5. The van der Waals surface area contributed by atoms with Gasteiger partial charge >= 0.3 is 0 Å². The Morgan fingerprint density at radius 3 is 1.71 bits per heavy atom. The molecule has 0 N–H and O–H groups in total. The van der Waals surface area contributed by atoms with Crippen LogP contribution in [-0.2, 0) is 15.3 Å². The molecule has 5 nitrogen and oxygen atoms in total. The van der Waals surface area contributed by atoms with Crippen molar-refractivity contribution < 1.29 is 14.3 Å². The van der Waals surface area contributed by atoms with E-state index < -0.39 is 11.8 Å². The fourth-order valence-electron chi connectivity index (χ4n) is 7.02. The minimum absolute atomic E-state index is 0.160. The molecule has 0 bridgehead atoms. The monoisotopic (exact) mass is 624 g/mol. The van der Waals surface area contributed by atoms with Crippen molar-refractivity contribution in [2.75, 3.05) is 9.80 Å². The summed E-state index contributed by atoms with van der Waals surface area (Å²) >= 11 is 0. The molecule has 6 aromatic carbocycles. The van der Waals surface area contributed by atoms with Crippen molar-refractivity contribution in [2.45, 2.75) is 18.2 Å². The van der Waals surface area contributed by atoms with Crippen LogP contribution in [0.4, 0.5) is 11.4 Å².